The smallest absolute Gasteiger partial charge is 0.243 e. The molecule has 1 unspecified atom stereocenters. The monoisotopic (exact) mass is 297 g/mol. The lowest BCUT2D eigenvalue weighted by Gasteiger charge is -2.22. The number of hydrogen-bond acceptors (Lipinski definition) is 5. The first kappa shape index (κ1) is 16.6. The molecule has 1 aromatic rings. The quantitative estimate of drug-likeness (QED) is 0.818. The standard InChI is InChI=1S/C13H19N3O3S/c1-4-19-9-12(10(2)3)16-20(17,18)13-6-5-7-15-11(13)8-14/h5-7,10,12,16H,4,9H2,1-3H3. The fourth-order valence-corrected chi connectivity index (χ4v) is 3.04. The van der Waals surface area contributed by atoms with Crippen LogP contribution in [0.4, 0.5) is 0 Å². The number of nitrogens with one attached hydrogen (secondary N) is 1. The van der Waals surface area contributed by atoms with Crippen molar-refractivity contribution in [2.45, 2.75) is 31.7 Å². The Bertz CT molecular complexity index is 579. The van der Waals surface area contributed by atoms with E-state index in [2.05, 4.69) is 9.71 Å². The fraction of sp³-hybridized carbons (Fsp3) is 0.538. The molecule has 110 valence electrons. The van der Waals surface area contributed by atoms with Gasteiger partial charge in [-0.15, -0.1) is 0 Å². The van der Waals surface area contributed by atoms with E-state index in [0.29, 0.717) is 6.61 Å². The van der Waals surface area contributed by atoms with E-state index in [1.807, 2.05) is 20.8 Å². The van der Waals surface area contributed by atoms with Crippen LogP contribution < -0.4 is 4.72 Å². The average Bonchev–Trinajstić information content (AvgIpc) is 2.43. The summed E-state index contributed by atoms with van der Waals surface area (Å²) in [6.07, 6.45) is 1.39. The summed E-state index contributed by atoms with van der Waals surface area (Å²) in [5.41, 5.74) is -0.112. The van der Waals surface area contributed by atoms with Gasteiger partial charge in [-0.2, -0.15) is 5.26 Å². The molecule has 1 aromatic heterocycles. The van der Waals surface area contributed by atoms with Crippen molar-refractivity contribution in [2.24, 2.45) is 5.92 Å². The van der Waals surface area contributed by atoms with Crippen LogP contribution in [0.2, 0.25) is 0 Å². The van der Waals surface area contributed by atoms with Gasteiger partial charge in [-0.1, -0.05) is 13.8 Å². The maximum Gasteiger partial charge on any atom is 0.243 e. The molecule has 0 spiro atoms. The molecule has 0 fully saturated rings. The maximum absolute atomic E-state index is 12.3. The Labute approximate surface area is 119 Å². The van der Waals surface area contributed by atoms with Gasteiger partial charge in [-0.3, -0.25) is 0 Å². The Morgan fingerprint density at radius 1 is 1.50 bits per heavy atom. The lowest BCUT2D eigenvalue weighted by Crippen LogP contribution is -2.42. The summed E-state index contributed by atoms with van der Waals surface area (Å²) in [6.45, 7) is 6.46. The van der Waals surface area contributed by atoms with Gasteiger partial charge in [0, 0.05) is 18.8 Å². The third kappa shape index (κ3) is 4.27. The Hall–Kier alpha value is -1.49. The van der Waals surface area contributed by atoms with Crippen LogP contribution in [0.15, 0.2) is 23.2 Å². The van der Waals surface area contributed by atoms with Gasteiger partial charge in [0.2, 0.25) is 10.0 Å². The minimum Gasteiger partial charge on any atom is -0.380 e. The number of sulfonamides is 1. The summed E-state index contributed by atoms with van der Waals surface area (Å²) in [4.78, 5) is 3.66. The van der Waals surface area contributed by atoms with Crippen LogP contribution in [0.1, 0.15) is 26.5 Å². The van der Waals surface area contributed by atoms with Crippen molar-refractivity contribution in [1.29, 1.82) is 5.26 Å². The van der Waals surface area contributed by atoms with E-state index >= 15 is 0 Å². The summed E-state index contributed by atoms with van der Waals surface area (Å²) in [5.74, 6) is 0.0681. The first-order valence-corrected chi connectivity index (χ1v) is 7.85. The molecule has 0 amide bonds. The second-order valence-electron chi connectivity index (χ2n) is 4.59. The summed E-state index contributed by atoms with van der Waals surface area (Å²) in [7, 11) is -3.79. The predicted molar refractivity (Wildman–Crippen MR) is 74.4 cm³/mol. The summed E-state index contributed by atoms with van der Waals surface area (Å²) >= 11 is 0. The van der Waals surface area contributed by atoms with E-state index < -0.39 is 10.0 Å². The predicted octanol–water partition coefficient (Wildman–Crippen LogP) is 1.29. The van der Waals surface area contributed by atoms with Gasteiger partial charge in [0.25, 0.3) is 0 Å². The van der Waals surface area contributed by atoms with Crippen LogP contribution >= 0.6 is 0 Å². The van der Waals surface area contributed by atoms with E-state index in [-0.39, 0.29) is 29.2 Å². The Morgan fingerprint density at radius 2 is 2.20 bits per heavy atom. The molecule has 0 saturated heterocycles. The van der Waals surface area contributed by atoms with Crippen molar-refractivity contribution in [1.82, 2.24) is 9.71 Å². The Morgan fingerprint density at radius 3 is 2.75 bits per heavy atom. The molecule has 0 aromatic carbocycles. The number of nitrogens with zero attached hydrogens (tertiary/aromatic N) is 2. The first-order chi connectivity index (χ1) is 9.42. The molecule has 0 aliphatic rings. The number of rotatable bonds is 7. The average molecular weight is 297 g/mol. The van der Waals surface area contributed by atoms with Crippen LogP contribution in [0.25, 0.3) is 0 Å². The second-order valence-corrected chi connectivity index (χ2v) is 6.28. The van der Waals surface area contributed by atoms with Crippen molar-refractivity contribution in [3.8, 4) is 6.07 Å². The zero-order valence-electron chi connectivity index (χ0n) is 11.8. The highest BCUT2D eigenvalue weighted by atomic mass is 32.2. The van der Waals surface area contributed by atoms with Gasteiger partial charge in [-0.05, 0) is 25.0 Å². The highest BCUT2D eigenvalue weighted by Crippen LogP contribution is 2.14. The van der Waals surface area contributed by atoms with Gasteiger partial charge in [-0.25, -0.2) is 18.1 Å². The molecule has 0 radical (unpaired) electrons. The molecule has 0 aliphatic heterocycles. The molecule has 1 atom stereocenters. The molecule has 1 rings (SSSR count). The third-order valence-corrected chi connectivity index (χ3v) is 4.30. The number of pyridine rings is 1. The van der Waals surface area contributed by atoms with Crippen LogP contribution in [-0.4, -0.2) is 32.7 Å². The third-order valence-electron chi connectivity index (χ3n) is 2.78. The number of hydrogen-bond donors (Lipinski definition) is 1. The lowest BCUT2D eigenvalue weighted by molar-refractivity contribution is 0.116. The second kappa shape index (κ2) is 7.33. The lowest BCUT2D eigenvalue weighted by atomic mass is 10.1. The SMILES string of the molecule is CCOCC(NS(=O)(=O)c1cccnc1C#N)C(C)C. The zero-order valence-corrected chi connectivity index (χ0v) is 12.6. The van der Waals surface area contributed by atoms with Gasteiger partial charge >= 0.3 is 0 Å². The van der Waals surface area contributed by atoms with Gasteiger partial charge < -0.3 is 4.74 Å². The van der Waals surface area contributed by atoms with E-state index in [1.165, 1.54) is 18.3 Å². The van der Waals surface area contributed by atoms with Crippen LogP contribution in [0, 0.1) is 17.2 Å². The molecular formula is C13H19N3O3S. The Balaban J connectivity index is 3.01. The van der Waals surface area contributed by atoms with E-state index in [1.54, 1.807) is 6.07 Å². The molecule has 0 aliphatic carbocycles. The van der Waals surface area contributed by atoms with Crippen LogP contribution in [0.5, 0.6) is 0 Å². The van der Waals surface area contributed by atoms with Gasteiger partial charge in [0.15, 0.2) is 5.69 Å². The van der Waals surface area contributed by atoms with Crippen molar-refractivity contribution >= 4 is 10.0 Å². The number of nitriles is 1. The van der Waals surface area contributed by atoms with Gasteiger partial charge in [0.05, 0.1) is 6.61 Å². The van der Waals surface area contributed by atoms with Gasteiger partial charge in [0.1, 0.15) is 11.0 Å². The van der Waals surface area contributed by atoms with Crippen LogP contribution in [0.3, 0.4) is 0 Å². The normalized spacial score (nSPS) is 13.2. The highest BCUT2D eigenvalue weighted by Gasteiger charge is 2.25. The molecule has 0 saturated carbocycles. The van der Waals surface area contributed by atoms with E-state index in [9.17, 15) is 8.42 Å². The highest BCUT2D eigenvalue weighted by molar-refractivity contribution is 7.89. The number of aromatic nitrogens is 1. The van der Waals surface area contributed by atoms with Crippen molar-refractivity contribution in [3.63, 3.8) is 0 Å². The maximum atomic E-state index is 12.3. The molecule has 1 N–H and O–H groups in total. The van der Waals surface area contributed by atoms with E-state index in [4.69, 9.17) is 10.00 Å². The summed E-state index contributed by atoms with van der Waals surface area (Å²) < 4.78 is 32.5. The van der Waals surface area contributed by atoms with Crippen LogP contribution in [-0.2, 0) is 14.8 Å². The fourth-order valence-electron chi connectivity index (χ4n) is 1.56. The largest absolute Gasteiger partial charge is 0.380 e. The molecule has 6 nitrogen and oxygen atoms in total. The van der Waals surface area contributed by atoms with E-state index in [0.717, 1.165) is 0 Å². The molecular weight excluding hydrogens is 278 g/mol. The van der Waals surface area contributed by atoms with Crippen molar-refractivity contribution < 1.29 is 13.2 Å². The minimum atomic E-state index is -3.79. The number of ether oxygens (including phenoxy) is 1. The molecule has 20 heavy (non-hydrogen) atoms. The summed E-state index contributed by atoms with van der Waals surface area (Å²) in [6, 6.07) is 4.29. The van der Waals surface area contributed by atoms with Crippen molar-refractivity contribution in [2.75, 3.05) is 13.2 Å². The summed E-state index contributed by atoms with van der Waals surface area (Å²) in [5, 5.41) is 8.94. The molecule has 0 bridgehead atoms. The first-order valence-electron chi connectivity index (χ1n) is 6.37. The van der Waals surface area contributed by atoms with Crippen molar-refractivity contribution in [3.05, 3.63) is 24.0 Å². The molecule has 7 heteroatoms. The Kier molecular flexibility index (Phi) is 6.07. The topological polar surface area (TPSA) is 92.1 Å². The zero-order chi connectivity index (χ0) is 15.2. The minimum absolute atomic E-state index is 0.0681. The molecule has 1 heterocycles.